The zero-order valence-electron chi connectivity index (χ0n) is 17.8. The predicted octanol–water partition coefficient (Wildman–Crippen LogP) is 5.20. The van der Waals surface area contributed by atoms with Crippen LogP contribution in [0, 0.1) is 12.3 Å². The van der Waals surface area contributed by atoms with Gasteiger partial charge in [-0.05, 0) is 43.7 Å². The number of rotatable bonds is 5. The highest BCUT2D eigenvalue weighted by Crippen LogP contribution is 2.33. The Balaban J connectivity index is 1.44. The molecule has 3 aromatic rings. The number of carbonyl (C=O) groups is 1. The number of carbonyl (C=O) groups excluding carboxylic acids is 1. The average Bonchev–Trinajstić information content (AvgIpc) is 3.31. The third-order valence-electron chi connectivity index (χ3n) is 5.40. The van der Waals surface area contributed by atoms with Gasteiger partial charge in [0.25, 0.3) is 5.91 Å². The number of allylic oxidation sites excluding steroid dienone is 1. The number of amides is 1. The lowest BCUT2D eigenvalue weighted by molar-refractivity contribution is -0.114. The Bertz CT molecular complexity index is 1350. The molecule has 0 saturated heterocycles. The molecule has 0 radical (unpaired) electrons. The Morgan fingerprint density at radius 3 is 2.84 bits per heavy atom. The smallest absolute Gasteiger partial charge is 0.283 e. The summed E-state index contributed by atoms with van der Waals surface area (Å²) >= 11 is 1.41. The van der Waals surface area contributed by atoms with Crippen LogP contribution in [0.25, 0.3) is 17.0 Å². The van der Waals surface area contributed by atoms with Gasteiger partial charge in [-0.2, -0.15) is 4.99 Å². The van der Waals surface area contributed by atoms with E-state index in [4.69, 9.17) is 10.1 Å². The van der Waals surface area contributed by atoms with Gasteiger partial charge >= 0.3 is 0 Å². The summed E-state index contributed by atoms with van der Waals surface area (Å²) < 4.78 is 8.06. The zero-order chi connectivity index (χ0) is 22.2. The van der Waals surface area contributed by atoms with Gasteiger partial charge in [0.05, 0.1) is 12.1 Å². The number of benzene rings is 2. The Morgan fingerprint density at radius 1 is 1.16 bits per heavy atom. The number of aromatic nitrogens is 1. The number of hydrogen-bond donors (Lipinski definition) is 1. The highest BCUT2D eigenvalue weighted by atomic mass is 32.2. The number of thioether (sulfide) groups is 1. The third kappa shape index (κ3) is 3.76. The van der Waals surface area contributed by atoms with Crippen LogP contribution in [-0.4, -0.2) is 33.0 Å². The van der Waals surface area contributed by atoms with E-state index >= 15 is 0 Å². The summed E-state index contributed by atoms with van der Waals surface area (Å²) in [6.07, 6.45) is 5.63. The highest BCUT2D eigenvalue weighted by molar-refractivity contribution is 8.17. The summed E-state index contributed by atoms with van der Waals surface area (Å²) in [4.78, 5) is 19.5. The summed E-state index contributed by atoms with van der Waals surface area (Å²) in [5.41, 5.74) is 3.39. The number of nitrogens with one attached hydrogen (secondary N) is 1. The van der Waals surface area contributed by atoms with Crippen LogP contribution < -0.4 is 4.74 Å². The van der Waals surface area contributed by atoms with E-state index in [9.17, 15) is 4.79 Å². The van der Waals surface area contributed by atoms with Crippen molar-refractivity contribution in [1.29, 1.82) is 5.41 Å². The van der Waals surface area contributed by atoms with Crippen LogP contribution in [-0.2, 0) is 11.3 Å². The fourth-order valence-electron chi connectivity index (χ4n) is 3.90. The maximum atomic E-state index is 12.7. The Labute approximate surface area is 190 Å². The van der Waals surface area contributed by atoms with Gasteiger partial charge in [0, 0.05) is 33.8 Å². The van der Waals surface area contributed by atoms with E-state index in [0.29, 0.717) is 23.9 Å². The molecule has 2 aliphatic heterocycles. The molecule has 0 bridgehead atoms. The standard InChI is InChI=1S/C25H22N4O2S/c1-16-6-5-7-19(12-16)31-11-10-28-15-18(20-8-3-4-9-22(20)28)13-21-23(26)29-14-17(2)32-25(29)27-24(21)30/h3-9,12-15,26H,10-11H2,1-2H3/b21-13-,26-23?. The van der Waals surface area contributed by atoms with Gasteiger partial charge in [-0.1, -0.05) is 42.1 Å². The lowest BCUT2D eigenvalue weighted by Gasteiger charge is -2.22. The third-order valence-corrected chi connectivity index (χ3v) is 6.30. The molecule has 0 unspecified atom stereocenters. The number of hydrogen-bond acceptors (Lipinski definition) is 4. The number of aliphatic imine (C=N–C) groups is 1. The Hall–Kier alpha value is -3.58. The average molecular weight is 443 g/mol. The monoisotopic (exact) mass is 442 g/mol. The van der Waals surface area contributed by atoms with Crippen molar-refractivity contribution in [2.75, 3.05) is 6.61 Å². The molecule has 0 aliphatic carbocycles. The molecule has 0 fully saturated rings. The number of ether oxygens (including phenoxy) is 1. The van der Waals surface area contributed by atoms with Gasteiger partial charge in [-0.15, -0.1) is 0 Å². The van der Waals surface area contributed by atoms with E-state index < -0.39 is 0 Å². The van der Waals surface area contributed by atoms with Crippen LogP contribution in [0.2, 0.25) is 0 Å². The van der Waals surface area contributed by atoms with Crippen molar-refractivity contribution in [1.82, 2.24) is 9.47 Å². The zero-order valence-corrected chi connectivity index (χ0v) is 18.6. The van der Waals surface area contributed by atoms with Crippen molar-refractivity contribution in [2.24, 2.45) is 4.99 Å². The van der Waals surface area contributed by atoms with Crippen LogP contribution in [0.5, 0.6) is 5.75 Å². The molecule has 2 aliphatic rings. The molecular formula is C25H22N4O2S. The largest absolute Gasteiger partial charge is 0.492 e. The quantitative estimate of drug-likeness (QED) is 0.552. The Morgan fingerprint density at radius 2 is 2.00 bits per heavy atom. The normalized spacial score (nSPS) is 17.1. The number of nitrogens with zero attached hydrogens (tertiary/aromatic N) is 3. The minimum atomic E-state index is -0.378. The molecule has 1 aromatic heterocycles. The fourth-order valence-corrected chi connectivity index (χ4v) is 4.72. The Kier molecular flexibility index (Phi) is 5.19. The molecule has 6 nitrogen and oxygen atoms in total. The minimum Gasteiger partial charge on any atom is -0.492 e. The second-order valence-corrected chi connectivity index (χ2v) is 8.99. The number of aryl methyl sites for hydroxylation is 1. The van der Waals surface area contributed by atoms with Crippen molar-refractivity contribution >= 4 is 45.7 Å². The fraction of sp³-hybridized carbons (Fsp3) is 0.160. The lowest BCUT2D eigenvalue weighted by Crippen LogP contribution is -2.35. The van der Waals surface area contributed by atoms with Crippen LogP contribution in [0.15, 0.2) is 76.4 Å². The van der Waals surface area contributed by atoms with Crippen LogP contribution in [0.3, 0.4) is 0 Å². The molecule has 0 atom stereocenters. The molecule has 32 heavy (non-hydrogen) atoms. The maximum Gasteiger partial charge on any atom is 0.283 e. The first-order valence-electron chi connectivity index (χ1n) is 10.4. The maximum absolute atomic E-state index is 12.7. The van der Waals surface area contributed by atoms with E-state index in [1.165, 1.54) is 11.8 Å². The first-order valence-corrected chi connectivity index (χ1v) is 11.2. The molecule has 0 saturated carbocycles. The molecule has 1 amide bonds. The van der Waals surface area contributed by atoms with Crippen LogP contribution >= 0.6 is 11.8 Å². The van der Waals surface area contributed by atoms with E-state index in [0.717, 1.165) is 32.7 Å². The van der Waals surface area contributed by atoms with Gasteiger partial charge in [0.15, 0.2) is 5.17 Å². The van der Waals surface area contributed by atoms with Gasteiger partial charge < -0.3 is 9.30 Å². The molecule has 0 spiro atoms. The van der Waals surface area contributed by atoms with Gasteiger partial charge in [-0.3, -0.25) is 15.1 Å². The second-order valence-electron chi connectivity index (χ2n) is 7.78. The highest BCUT2D eigenvalue weighted by Gasteiger charge is 2.33. The number of fused-ring (bicyclic) bond motifs is 2. The molecule has 1 N–H and O–H groups in total. The first kappa shape index (κ1) is 20.3. The van der Waals surface area contributed by atoms with Crippen molar-refractivity contribution in [2.45, 2.75) is 20.4 Å². The lowest BCUT2D eigenvalue weighted by atomic mass is 10.1. The van der Waals surface area contributed by atoms with Crippen LogP contribution in [0.1, 0.15) is 18.1 Å². The topological polar surface area (TPSA) is 70.7 Å². The van der Waals surface area contributed by atoms with Gasteiger partial charge in [0.1, 0.15) is 18.2 Å². The molecule has 2 aromatic carbocycles. The molecule has 5 rings (SSSR count). The number of para-hydroxylation sites is 1. The van der Waals surface area contributed by atoms with E-state index in [1.807, 2.05) is 68.7 Å². The SMILES string of the molecule is CC1=CN2C(=N)/C(=C/c3cn(CCOc4cccc(C)c4)c4ccccc34)C(=O)N=C2S1. The summed E-state index contributed by atoms with van der Waals surface area (Å²) in [5.74, 6) is 0.631. The van der Waals surface area contributed by atoms with Crippen LogP contribution in [0.4, 0.5) is 0 Å². The summed E-state index contributed by atoms with van der Waals surface area (Å²) in [5, 5.41) is 10.1. The molecule has 3 heterocycles. The van der Waals surface area contributed by atoms with Crippen molar-refractivity contribution in [3.63, 3.8) is 0 Å². The minimum absolute atomic E-state index is 0.156. The van der Waals surface area contributed by atoms with Gasteiger partial charge in [-0.25, -0.2) is 0 Å². The molecule has 160 valence electrons. The second kappa shape index (κ2) is 8.16. The first-order chi connectivity index (χ1) is 15.5. The summed E-state index contributed by atoms with van der Waals surface area (Å²) in [6.45, 7) is 5.17. The van der Waals surface area contributed by atoms with E-state index in [-0.39, 0.29) is 11.7 Å². The van der Waals surface area contributed by atoms with Crippen molar-refractivity contribution < 1.29 is 9.53 Å². The summed E-state index contributed by atoms with van der Waals surface area (Å²) in [6, 6.07) is 16.1. The van der Waals surface area contributed by atoms with E-state index in [1.54, 1.807) is 11.0 Å². The van der Waals surface area contributed by atoms with Crippen molar-refractivity contribution in [3.05, 3.63) is 82.5 Å². The van der Waals surface area contributed by atoms with Gasteiger partial charge in [0.2, 0.25) is 0 Å². The van der Waals surface area contributed by atoms with E-state index in [2.05, 4.69) is 15.6 Å². The summed E-state index contributed by atoms with van der Waals surface area (Å²) in [7, 11) is 0. The molecule has 7 heteroatoms. The number of amidine groups is 2. The van der Waals surface area contributed by atoms with Crippen molar-refractivity contribution in [3.8, 4) is 5.75 Å². The predicted molar refractivity (Wildman–Crippen MR) is 130 cm³/mol. The molecular weight excluding hydrogens is 420 g/mol.